The third-order valence-electron chi connectivity index (χ3n) is 1.37. The summed E-state index contributed by atoms with van der Waals surface area (Å²) >= 11 is 2.89. The highest BCUT2D eigenvalue weighted by atomic mass is 32.1. The Hall–Kier alpha value is -0.920. The number of rotatable bonds is 3. The maximum Gasteiger partial charge on any atom is 0.161 e. The molecule has 0 saturated carbocycles. The number of nitrogens with one attached hydrogen (secondary N) is 1. The van der Waals surface area contributed by atoms with Crippen LogP contribution in [0.2, 0.25) is 0 Å². The summed E-state index contributed by atoms with van der Waals surface area (Å²) in [5, 5.41) is 16.7. The molecule has 0 bridgehead atoms. The van der Waals surface area contributed by atoms with E-state index >= 15 is 0 Å². The van der Waals surface area contributed by atoms with E-state index in [1.165, 1.54) is 11.5 Å². The summed E-state index contributed by atoms with van der Waals surface area (Å²) in [7, 11) is 1.88. The van der Waals surface area contributed by atoms with E-state index in [9.17, 15) is 0 Å². The van der Waals surface area contributed by atoms with Crippen LogP contribution in [0.1, 0.15) is 5.01 Å². The Bertz CT molecular complexity index is 368. The van der Waals surface area contributed by atoms with Gasteiger partial charge in [-0.2, -0.15) is 0 Å². The standard InChI is InChI=1S/C6H7N5S2/c1-7-3-5-9-10-6(12-5)4-2-8-11-13-4/h2,7H,3H2,1H3. The van der Waals surface area contributed by atoms with Crippen LogP contribution in [-0.4, -0.2) is 26.8 Å². The molecule has 0 amide bonds. The van der Waals surface area contributed by atoms with E-state index in [4.69, 9.17) is 0 Å². The van der Waals surface area contributed by atoms with Crippen molar-refractivity contribution in [1.82, 2.24) is 25.1 Å². The molecule has 2 heterocycles. The first-order valence-electron chi connectivity index (χ1n) is 3.65. The van der Waals surface area contributed by atoms with Gasteiger partial charge in [-0.15, -0.1) is 15.3 Å². The number of nitrogens with zero attached hydrogens (tertiary/aromatic N) is 4. The normalized spacial score (nSPS) is 10.5. The van der Waals surface area contributed by atoms with Crippen molar-refractivity contribution in [3.8, 4) is 9.88 Å². The first-order chi connectivity index (χ1) is 6.40. The summed E-state index contributed by atoms with van der Waals surface area (Å²) in [4.78, 5) is 0.972. The molecule has 0 aromatic carbocycles. The molecule has 5 nitrogen and oxygen atoms in total. The monoisotopic (exact) mass is 213 g/mol. The predicted molar refractivity (Wildman–Crippen MR) is 51.6 cm³/mol. The smallest absolute Gasteiger partial charge is 0.161 e. The minimum Gasteiger partial charge on any atom is -0.313 e. The summed E-state index contributed by atoms with van der Waals surface area (Å²) in [6, 6.07) is 0. The molecule has 0 spiro atoms. The number of hydrogen-bond acceptors (Lipinski definition) is 7. The van der Waals surface area contributed by atoms with E-state index in [2.05, 4.69) is 25.1 Å². The molecule has 0 atom stereocenters. The summed E-state index contributed by atoms with van der Waals surface area (Å²) in [6.45, 7) is 0.754. The highest BCUT2D eigenvalue weighted by molar-refractivity contribution is 7.19. The van der Waals surface area contributed by atoms with Gasteiger partial charge < -0.3 is 5.32 Å². The fraction of sp³-hybridized carbons (Fsp3) is 0.333. The van der Waals surface area contributed by atoms with Gasteiger partial charge in [0.1, 0.15) is 9.88 Å². The molecule has 2 rings (SSSR count). The van der Waals surface area contributed by atoms with Gasteiger partial charge in [-0.05, 0) is 18.6 Å². The van der Waals surface area contributed by atoms with Crippen molar-refractivity contribution in [2.24, 2.45) is 0 Å². The van der Waals surface area contributed by atoms with E-state index in [1.807, 2.05) is 7.05 Å². The van der Waals surface area contributed by atoms with Gasteiger partial charge in [0.15, 0.2) is 5.01 Å². The molecule has 7 heteroatoms. The lowest BCUT2D eigenvalue weighted by atomic mass is 10.6. The van der Waals surface area contributed by atoms with Crippen molar-refractivity contribution in [3.63, 3.8) is 0 Å². The third-order valence-corrected chi connectivity index (χ3v) is 3.12. The van der Waals surface area contributed by atoms with Crippen molar-refractivity contribution < 1.29 is 0 Å². The van der Waals surface area contributed by atoms with E-state index in [0.29, 0.717) is 0 Å². The lowest BCUT2D eigenvalue weighted by Gasteiger charge is -1.87. The molecule has 0 saturated heterocycles. The molecular formula is C6H7N5S2. The Morgan fingerprint density at radius 1 is 1.46 bits per heavy atom. The van der Waals surface area contributed by atoms with Crippen LogP contribution in [0.5, 0.6) is 0 Å². The van der Waals surface area contributed by atoms with Crippen LogP contribution in [0.15, 0.2) is 6.20 Å². The molecule has 0 unspecified atom stereocenters. The van der Waals surface area contributed by atoms with Gasteiger partial charge in [0.25, 0.3) is 0 Å². The maximum absolute atomic E-state index is 4.04. The first kappa shape index (κ1) is 8.67. The lowest BCUT2D eigenvalue weighted by molar-refractivity contribution is 0.795. The second-order valence-corrected chi connectivity index (χ2v) is 4.16. The summed E-state index contributed by atoms with van der Waals surface area (Å²) in [6.07, 6.45) is 1.70. The zero-order valence-electron chi connectivity index (χ0n) is 6.89. The highest BCUT2D eigenvalue weighted by Gasteiger charge is 2.07. The van der Waals surface area contributed by atoms with Crippen LogP contribution >= 0.6 is 22.9 Å². The van der Waals surface area contributed by atoms with Crippen LogP contribution < -0.4 is 5.32 Å². The van der Waals surface area contributed by atoms with Crippen LogP contribution in [-0.2, 0) is 6.54 Å². The molecule has 68 valence electrons. The van der Waals surface area contributed by atoms with Gasteiger partial charge in [0, 0.05) is 6.54 Å². The molecule has 0 radical (unpaired) electrons. The topological polar surface area (TPSA) is 63.6 Å². The predicted octanol–water partition coefficient (Wildman–Crippen LogP) is 0.776. The Kier molecular flexibility index (Phi) is 2.57. The lowest BCUT2D eigenvalue weighted by Crippen LogP contribution is -2.04. The molecule has 0 fully saturated rings. The Balaban J connectivity index is 2.23. The van der Waals surface area contributed by atoms with E-state index < -0.39 is 0 Å². The summed E-state index contributed by atoms with van der Waals surface area (Å²) < 4.78 is 3.77. The minimum absolute atomic E-state index is 0.754. The number of hydrogen-bond donors (Lipinski definition) is 1. The summed E-state index contributed by atoms with van der Waals surface area (Å²) in [5.74, 6) is 0. The molecule has 1 N–H and O–H groups in total. The van der Waals surface area contributed by atoms with Gasteiger partial charge in [-0.25, -0.2) is 0 Å². The average Bonchev–Trinajstić information content (AvgIpc) is 2.70. The molecule has 2 aromatic heterocycles. The van der Waals surface area contributed by atoms with Crippen LogP contribution in [0, 0.1) is 0 Å². The molecular weight excluding hydrogens is 206 g/mol. The molecule has 0 aliphatic carbocycles. The number of aromatic nitrogens is 4. The zero-order chi connectivity index (χ0) is 9.10. The largest absolute Gasteiger partial charge is 0.313 e. The van der Waals surface area contributed by atoms with Crippen LogP contribution in [0.25, 0.3) is 9.88 Å². The van der Waals surface area contributed by atoms with Gasteiger partial charge in [0.05, 0.1) is 6.20 Å². The minimum atomic E-state index is 0.754. The van der Waals surface area contributed by atoms with Crippen molar-refractivity contribution >= 4 is 22.9 Å². The third kappa shape index (κ3) is 1.87. The highest BCUT2D eigenvalue weighted by Crippen LogP contribution is 2.24. The fourth-order valence-corrected chi connectivity index (χ4v) is 2.23. The molecule has 0 aliphatic heterocycles. The van der Waals surface area contributed by atoms with Crippen molar-refractivity contribution in [1.29, 1.82) is 0 Å². The van der Waals surface area contributed by atoms with E-state index in [1.54, 1.807) is 17.5 Å². The van der Waals surface area contributed by atoms with Crippen LogP contribution in [0.4, 0.5) is 0 Å². The van der Waals surface area contributed by atoms with Crippen molar-refractivity contribution in [3.05, 3.63) is 11.2 Å². The van der Waals surface area contributed by atoms with Crippen molar-refractivity contribution in [2.75, 3.05) is 7.05 Å². The Morgan fingerprint density at radius 3 is 3.08 bits per heavy atom. The van der Waals surface area contributed by atoms with E-state index in [-0.39, 0.29) is 0 Å². The van der Waals surface area contributed by atoms with Gasteiger partial charge in [-0.1, -0.05) is 15.8 Å². The SMILES string of the molecule is CNCc1nnc(-c2cnns2)s1. The summed E-state index contributed by atoms with van der Waals surface area (Å²) in [5.41, 5.74) is 0. The first-order valence-corrected chi connectivity index (χ1v) is 5.24. The quantitative estimate of drug-likeness (QED) is 0.816. The molecule has 2 aromatic rings. The Labute approximate surface area is 83.0 Å². The molecule has 13 heavy (non-hydrogen) atoms. The van der Waals surface area contributed by atoms with Gasteiger partial charge >= 0.3 is 0 Å². The van der Waals surface area contributed by atoms with E-state index in [0.717, 1.165) is 21.4 Å². The average molecular weight is 213 g/mol. The Morgan fingerprint density at radius 2 is 2.38 bits per heavy atom. The second kappa shape index (κ2) is 3.86. The molecule has 0 aliphatic rings. The second-order valence-electron chi connectivity index (χ2n) is 2.31. The zero-order valence-corrected chi connectivity index (χ0v) is 8.52. The van der Waals surface area contributed by atoms with Crippen molar-refractivity contribution in [2.45, 2.75) is 6.54 Å². The fourth-order valence-electron chi connectivity index (χ4n) is 0.837. The van der Waals surface area contributed by atoms with Crippen LogP contribution in [0.3, 0.4) is 0 Å². The maximum atomic E-state index is 4.04. The van der Waals surface area contributed by atoms with Gasteiger partial charge in [0.2, 0.25) is 0 Å². The van der Waals surface area contributed by atoms with Gasteiger partial charge in [-0.3, -0.25) is 0 Å².